The second-order valence-corrected chi connectivity index (χ2v) is 11.9. The molecule has 3 aromatic heterocycles. The SMILES string of the molecule is COc1cccc(S(=O)(=O)N2CCC(c3cc(NC(=O)c4cnn5cccnc45)n(-c4ccc(C)cc4)n3)CC2)c1. The molecule has 1 saturated heterocycles. The van der Waals surface area contributed by atoms with Crippen molar-refractivity contribution >= 4 is 27.4 Å². The minimum absolute atomic E-state index is 0.0211. The monoisotopic (exact) mass is 571 g/mol. The van der Waals surface area contributed by atoms with Crippen molar-refractivity contribution in [1.82, 2.24) is 28.7 Å². The Labute approximate surface area is 237 Å². The lowest BCUT2D eigenvalue weighted by molar-refractivity contribution is 0.102. The van der Waals surface area contributed by atoms with E-state index < -0.39 is 10.0 Å². The molecular formula is C29H29N7O4S. The Kier molecular flexibility index (Phi) is 7.01. The predicted molar refractivity (Wildman–Crippen MR) is 153 cm³/mol. The number of carbonyl (C=O) groups excluding carboxylic acids is 1. The minimum Gasteiger partial charge on any atom is -0.497 e. The zero-order valence-corrected chi connectivity index (χ0v) is 23.5. The van der Waals surface area contributed by atoms with E-state index in [-0.39, 0.29) is 16.7 Å². The molecule has 0 radical (unpaired) electrons. The number of anilines is 1. The molecule has 1 amide bonds. The van der Waals surface area contributed by atoms with Gasteiger partial charge in [0.25, 0.3) is 5.91 Å². The third kappa shape index (κ3) is 5.19. The molecule has 6 rings (SSSR count). The zero-order chi connectivity index (χ0) is 28.6. The van der Waals surface area contributed by atoms with Gasteiger partial charge in [0.05, 0.1) is 29.6 Å². The first kappa shape index (κ1) is 26.7. The molecule has 4 heterocycles. The lowest BCUT2D eigenvalue weighted by Gasteiger charge is -2.30. The molecule has 0 spiro atoms. The fourth-order valence-electron chi connectivity index (χ4n) is 5.04. The number of benzene rings is 2. The van der Waals surface area contributed by atoms with Crippen LogP contribution in [0.2, 0.25) is 0 Å². The zero-order valence-electron chi connectivity index (χ0n) is 22.6. The number of carbonyl (C=O) groups is 1. The van der Waals surface area contributed by atoms with Crippen molar-refractivity contribution in [1.29, 1.82) is 0 Å². The van der Waals surface area contributed by atoms with Gasteiger partial charge in [-0.25, -0.2) is 22.6 Å². The number of aromatic nitrogens is 5. The minimum atomic E-state index is -3.65. The molecule has 41 heavy (non-hydrogen) atoms. The van der Waals surface area contributed by atoms with Crippen LogP contribution in [-0.4, -0.2) is 63.2 Å². The standard InChI is InChI=1S/C29H29N7O4S/c1-20-7-9-22(10-8-20)36-27(32-29(37)25-19-31-35-14-4-13-30-28(25)35)18-26(33-36)21-11-15-34(16-12-21)41(38,39)24-6-3-5-23(17-24)40-2/h3-10,13-14,17-19,21H,11-12,15-16H2,1-2H3,(H,32,37). The highest BCUT2D eigenvalue weighted by molar-refractivity contribution is 7.89. The Hall–Kier alpha value is -4.55. The highest BCUT2D eigenvalue weighted by atomic mass is 32.2. The maximum atomic E-state index is 13.3. The lowest BCUT2D eigenvalue weighted by atomic mass is 9.95. The van der Waals surface area contributed by atoms with E-state index in [1.54, 1.807) is 51.9 Å². The summed E-state index contributed by atoms with van der Waals surface area (Å²) in [4.78, 5) is 17.8. The molecule has 11 nitrogen and oxygen atoms in total. The molecule has 0 atom stereocenters. The number of piperidine rings is 1. The molecule has 2 aromatic carbocycles. The van der Waals surface area contributed by atoms with Crippen molar-refractivity contribution < 1.29 is 17.9 Å². The summed E-state index contributed by atoms with van der Waals surface area (Å²) in [6.07, 6.45) is 6.03. The largest absolute Gasteiger partial charge is 0.497 e. The Morgan fingerprint density at radius 2 is 1.83 bits per heavy atom. The van der Waals surface area contributed by atoms with Gasteiger partial charge in [-0.2, -0.15) is 14.5 Å². The number of amides is 1. The molecule has 1 N–H and O–H groups in total. The Bertz CT molecular complexity index is 1820. The van der Waals surface area contributed by atoms with Crippen LogP contribution in [0.3, 0.4) is 0 Å². The summed E-state index contributed by atoms with van der Waals surface area (Å²) < 4.78 is 36.6. The molecule has 0 saturated carbocycles. The van der Waals surface area contributed by atoms with Gasteiger partial charge in [0.15, 0.2) is 5.65 Å². The number of rotatable bonds is 7. The number of sulfonamides is 1. The summed E-state index contributed by atoms with van der Waals surface area (Å²) in [5.41, 5.74) is 3.50. The van der Waals surface area contributed by atoms with Gasteiger partial charge in [-0.05, 0) is 50.1 Å². The van der Waals surface area contributed by atoms with E-state index in [1.165, 1.54) is 17.6 Å². The lowest BCUT2D eigenvalue weighted by Crippen LogP contribution is -2.38. The summed E-state index contributed by atoms with van der Waals surface area (Å²) in [6, 6.07) is 18.0. The average molecular weight is 572 g/mol. The van der Waals surface area contributed by atoms with Crippen molar-refractivity contribution in [2.24, 2.45) is 0 Å². The van der Waals surface area contributed by atoms with Gasteiger partial charge in [0, 0.05) is 43.5 Å². The number of ether oxygens (including phenoxy) is 1. The third-order valence-electron chi connectivity index (χ3n) is 7.32. The number of hydrogen-bond donors (Lipinski definition) is 1. The summed E-state index contributed by atoms with van der Waals surface area (Å²) in [5.74, 6) is 0.679. The molecule has 210 valence electrons. The summed E-state index contributed by atoms with van der Waals surface area (Å²) in [5, 5.41) is 12.1. The maximum Gasteiger partial charge on any atom is 0.262 e. The number of aryl methyl sites for hydroxylation is 1. The van der Waals surface area contributed by atoms with Crippen molar-refractivity contribution in [3.8, 4) is 11.4 Å². The van der Waals surface area contributed by atoms with Crippen LogP contribution in [0, 0.1) is 6.92 Å². The van der Waals surface area contributed by atoms with Crippen LogP contribution in [0.25, 0.3) is 11.3 Å². The van der Waals surface area contributed by atoms with Gasteiger partial charge in [0.2, 0.25) is 10.0 Å². The first-order chi connectivity index (χ1) is 19.8. The first-order valence-corrected chi connectivity index (χ1v) is 14.7. The molecular weight excluding hydrogens is 542 g/mol. The molecule has 1 aliphatic heterocycles. The average Bonchev–Trinajstić information content (AvgIpc) is 3.62. The van der Waals surface area contributed by atoms with Gasteiger partial charge >= 0.3 is 0 Å². The smallest absolute Gasteiger partial charge is 0.262 e. The van der Waals surface area contributed by atoms with E-state index in [0.717, 1.165) is 16.9 Å². The molecule has 0 unspecified atom stereocenters. The van der Waals surface area contributed by atoms with E-state index in [4.69, 9.17) is 9.84 Å². The van der Waals surface area contributed by atoms with E-state index in [0.29, 0.717) is 48.7 Å². The quantitative estimate of drug-likeness (QED) is 0.313. The number of fused-ring (bicyclic) bond motifs is 1. The van der Waals surface area contributed by atoms with Gasteiger partial charge in [-0.3, -0.25) is 4.79 Å². The second-order valence-electron chi connectivity index (χ2n) is 9.96. The second kappa shape index (κ2) is 10.8. The molecule has 0 bridgehead atoms. The van der Waals surface area contributed by atoms with Crippen LogP contribution in [0.5, 0.6) is 5.75 Å². The van der Waals surface area contributed by atoms with Crippen molar-refractivity contribution in [3.05, 3.63) is 96.1 Å². The maximum absolute atomic E-state index is 13.3. The fraction of sp³-hybridized carbons (Fsp3) is 0.241. The number of hydrogen-bond acceptors (Lipinski definition) is 7. The van der Waals surface area contributed by atoms with Gasteiger partial charge < -0.3 is 10.1 Å². The van der Waals surface area contributed by atoms with Crippen LogP contribution < -0.4 is 10.1 Å². The summed E-state index contributed by atoms with van der Waals surface area (Å²) in [6.45, 7) is 2.72. The summed E-state index contributed by atoms with van der Waals surface area (Å²) in [7, 11) is -2.14. The predicted octanol–water partition coefficient (Wildman–Crippen LogP) is 4.05. The Balaban J connectivity index is 1.25. The highest BCUT2D eigenvalue weighted by Crippen LogP contribution is 2.33. The Morgan fingerprint density at radius 3 is 2.59 bits per heavy atom. The normalized spacial score (nSPS) is 14.8. The molecule has 0 aliphatic carbocycles. The first-order valence-electron chi connectivity index (χ1n) is 13.2. The summed E-state index contributed by atoms with van der Waals surface area (Å²) >= 11 is 0. The Morgan fingerprint density at radius 1 is 1.05 bits per heavy atom. The van der Waals surface area contributed by atoms with Crippen LogP contribution in [-0.2, 0) is 10.0 Å². The van der Waals surface area contributed by atoms with Crippen molar-refractivity contribution in [3.63, 3.8) is 0 Å². The molecule has 1 aliphatic rings. The van der Waals surface area contributed by atoms with E-state index in [2.05, 4.69) is 15.4 Å². The van der Waals surface area contributed by atoms with Crippen molar-refractivity contribution in [2.75, 3.05) is 25.5 Å². The number of nitrogens with one attached hydrogen (secondary N) is 1. The van der Waals surface area contributed by atoms with Crippen LogP contribution in [0.1, 0.15) is 40.4 Å². The van der Waals surface area contributed by atoms with Crippen LogP contribution >= 0.6 is 0 Å². The van der Waals surface area contributed by atoms with E-state index in [9.17, 15) is 13.2 Å². The number of nitrogens with zero attached hydrogens (tertiary/aromatic N) is 6. The molecule has 12 heteroatoms. The topological polar surface area (TPSA) is 124 Å². The van der Waals surface area contributed by atoms with Crippen LogP contribution in [0.4, 0.5) is 5.82 Å². The number of methoxy groups -OCH3 is 1. The van der Waals surface area contributed by atoms with Crippen molar-refractivity contribution in [2.45, 2.75) is 30.6 Å². The highest BCUT2D eigenvalue weighted by Gasteiger charge is 2.32. The molecule has 5 aromatic rings. The van der Waals surface area contributed by atoms with Gasteiger partial charge in [-0.15, -0.1) is 0 Å². The van der Waals surface area contributed by atoms with Gasteiger partial charge in [0.1, 0.15) is 17.1 Å². The van der Waals surface area contributed by atoms with E-state index in [1.807, 2.05) is 37.3 Å². The molecule has 1 fully saturated rings. The van der Waals surface area contributed by atoms with Crippen LogP contribution in [0.15, 0.2) is 84.1 Å². The van der Waals surface area contributed by atoms with Gasteiger partial charge in [-0.1, -0.05) is 23.8 Å². The fourth-order valence-corrected chi connectivity index (χ4v) is 6.55. The van der Waals surface area contributed by atoms with E-state index >= 15 is 0 Å². The third-order valence-corrected chi connectivity index (χ3v) is 9.22.